The van der Waals surface area contributed by atoms with E-state index in [2.05, 4.69) is 0 Å². The van der Waals surface area contributed by atoms with Crippen molar-refractivity contribution in [1.29, 1.82) is 0 Å². The van der Waals surface area contributed by atoms with Gasteiger partial charge in [-0.25, -0.2) is 0 Å². The third-order valence-electron chi connectivity index (χ3n) is 3.33. The topological polar surface area (TPSA) is 55.6 Å². The second-order valence-corrected chi connectivity index (χ2v) is 4.75. The Morgan fingerprint density at radius 2 is 2.22 bits per heavy atom. The van der Waals surface area contributed by atoms with Crippen molar-refractivity contribution in [3.8, 4) is 5.75 Å². The molecule has 1 saturated heterocycles. The number of rotatable bonds is 4. The van der Waals surface area contributed by atoms with Crippen LogP contribution in [-0.2, 0) is 4.79 Å². The number of nitrogens with zero attached hydrogens (tertiary/aromatic N) is 1. The highest BCUT2D eigenvalue weighted by Crippen LogP contribution is 2.18. The first-order valence-electron chi connectivity index (χ1n) is 6.41. The lowest BCUT2D eigenvalue weighted by Crippen LogP contribution is -2.39. The zero-order valence-electron chi connectivity index (χ0n) is 10.7. The highest BCUT2D eigenvalue weighted by atomic mass is 16.5. The molecule has 0 radical (unpaired) electrons. The molecular weight excluding hydrogens is 228 g/mol. The van der Waals surface area contributed by atoms with Gasteiger partial charge >= 0.3 is 0 Å². The van der Waals surface area contributed by atoms with E-state index >= 15 is 0 Å². The minimum absolute atomic E-state index is 0.0507. The van der Waals surface area contributed by atoms with Gasteiger partial charge in [0.1, 0.15) is 5.75 Å². The third-order valence-corrected chi connectivity index (χ3v) is 3.33. The smallest absolute Gasteiger partial charge is 0.263 e. The maximum absolute atomic E-state index is 12.2. The molecule has 0 bridgehead atoms. The summed E-state index contributed by atoms with van der Waals surface area (Å²) in [7, 11) is 0. The van der Waals surface area contributed by atoms with Gasteiger partial charge in [-0.2, -0.15) is 0 Å². The number of ether oxygens (including phenoxy) is 1. The molecule has 0 aliphatic carbocycles. The van der Waals surface area contributed by atoms with Crippen molar-refractivity contribution >= 4 is 5.91 Å². The molecule has 2 N–H and O–H groups in total. The molecule has 2 atom stereocenters. The number of benzene rings is 1. The minimum Gasteiger partial charge on any atom is -0.481 e. The fourth-order valence-corrected chi connectivity index (χ4v) is 2.24. The number of carbonyl (C=O) groups is 1. The number of hydrogen-bond donors (Lipinski definition) is 1. The molecule has 1 aliphatic rings. The average molecular weight is 248 g/mol. The molecule has 98 valence electrons. The van der Waals surface area contributed by atoms with E-state index in [-0.39, 0.29) is 5.91 Å². The summed E-state index contributed by atoms with van der Waals surface area (Å²) >= 11 is 0. The largest absolute Gasteiger partial charge is 0.481 e. The molecule has 1 heterocycles. The van der Waals surface area contributed by atoms with E-state index in [1.165, 1.54) is 0 Å². The molecule has 1 aromatic carbocycles. The van der Waals surface area contributed by atoms with Crippen LogP contribution in [0.4, 0.5) is 0 Å². The quantitative estimate of drug-likeness (QED) is 0.872. The molecular formula is C14H20N2O2. The van der Waals surface area contributed by atoms with E-state index in [0.717, 1.165) is 25.3 Å². The summed E-state index contributed by atoms with van der Waals surface area (Å²) in [6.45, 7) is 4.00. The molecule has 1 aliphatic heterocycles. The van der Waals surface area contributed by atoms with Crippen LogP contribution < -0.4 is 10.5 Å². The monoisotopic (exact) mass is 248 g/mol. The number of nitrogens with two attached hydrogens (primary N) is 1. The number of likely N-dealkylation sites (tertiary alicyclic amines) is 1. The van der Waals surface area contributed by atoms with Gasteiger partial charge in [0.15, 0.2) is 6.10 Å². The summed E-state index contributed by atoms with van der Waals surface area (Å²) < 4.78 is 5.63. The van der Waals surface area contributed by atoms with E-state index < -0.39 is 6.10 Å². The summed E-state index contributed by atoms with van der Waals surface area (Å²) in [6, 6.07) is 9.43. The second kappa shape index (κ2) is 5.87. The van der Waals surface area contributed by atoms with Gasteiger partial charge in [-0.3, -0.25) is 4.79 Å². The van der Waals surface area contributed by atoms with E-state index in [9.17, 15) is 4.79 Å². The number of amides is 1. The summed E-state index contributed by atoms with van der Waals surface area (Å²) in [5.41, 5.74) is 5.63. The van der Waals surface area contributed by atoms with Crippen molar-refractivity contribution in [2.24, 2.45) is 11.7 Å². The second-order valence-electron chi connectivity index (χ2n) is 4.75. The Morgan fingerprint density at radius 3 is 2.83 bits per heavy atom. The molecule has 0 spiro atoms. The first-order valence-corrected chi connectivity index (χ1v) is 6.41. The summed E-state index contributed by atoms with van der Waals surface area (Å²) in [5, 5.41) is 0. The Labute approximate surface area is 108 Å². The average Bonchev–Trinajstić information content (AvgIpc) is 2.87. The van der Waals surface area contributed by atoms with Gasteiger partial charge in [0.05, 0.1) is 0 Å². The minimum atomic E-state index is -0.441. The SMILES string of the molecule is CC(Oc1ccccc1)C(=O)N1CCC(CN)C1. The molecule has 1 amide bonds. The van der Waals surface area contributed by atoms with E-state index in [1.807, 2.05) is 35.2 Å². The summed E-state index contributed by atoms with van der Waals surface area (Å²) in [6.07, 6.45) is 0.559. The van der Waals surface area contributed by atoms with Crippen LogP contribution in [0.25, 0.3) is 0 Å². The lowest BCUT2D eigenvalue weighted by atomic mass is 10.1. The molecule has 4 heteroatoms. The van der Waals surface area contributed by atoms with Crippen molar-refractivity contribution in [2.75, 3.05) is 19.6 Å². The van der Waals surface area contributed by atoms with Gasteiger partial charge in [0, 0.05) is 13.1 Å². The molecule has 4 nitrogen and oxygen atoms in total. The van der Waals surface area contributed by atoms with E-state index in [0.29, 0.717) is 12.5 Å². The predicted octanol–water partition coefficient (Wildman–Crippen LogP) is 1.26. The fraction of sp³-hybridized carbons (Fsp3) is 0.500. The number of carbonyl (C=O) groups excluding carboxylic acids is 1. The van der Waals surface area contributed by atoms with Crippen LogP contribution in [0.3, 0.4) is 0 Å². The molecule has 1 fully saturated rings. The Bertz CT molecular complexity index is 394. The van der Waals surface area contributed by atoms with Crippen molar-refractivity contribution in [3.63, 3.8) is 0 Å². The van der Waals surface area contributed by atoms with Crippen LogP contribution in [0.5, 0.6) is 5.75 Å². The molecule has 1 aromatic rings. The van der Waals surface area contributed by atoms with Crippen molar-refractivity contribution in [1.82, 2.24) is 4.90 Å². The maximum Gasteiger partial charge on any atom is 0.263 e. The van der Waals surface area contributed by atoms with Crippen molar-refractivity contribution in [2.45, 2.75) is 19.4 Å². The van der Waals surface area contributed by atoms with Gasteiger partial charge < -0.3 is 15.4 Å². The molecule has 0 saturated carbocycles. The molecule has 2 unspecified atom stereocenters. The first-order chi connectivity index (χ1) is 8.70. The van der Waals surface area contributed by atoms with Crippen LogP contribution >= 0.6 is 0 Å². The van der Waals surface area contributed by atoms with E-state index in [1.54, 1.807) is 6.92 Å². The molecule has 0 aromatic heterocycles. The van der Waals surface area contributed by atoms with E-state index in [4.69, 9.17) is 10.5 Å². The van der Waals surface area contributed by atoms with Crippen LogP contribution in [-0.4, -0.2) is 36.5 Å². The molecule has 2 rings (SSSR count). The number of para-hydroxylation sites is 1. The van der Waals surface area contributed by atoms with Crippen LogP contribution in [0.2, 0.25) is 0 Å². The van der Waals surface area contributed by atoms with Gasteiger partial charge in [0.2, 0.25) is 0 Å². The summed E-state index contributed by atoms with van der Waals surface area (Å²) in [5.74, 6) is 1.22. The Hall–Kier alpha value is -1.55. The lowest BCUT2D eigenvalue weighted by Gasteiger charge is -2.21. The van der Waals surface area contributed by atoms with Gasteiger partial charge in [-0.05, 0) is 37.9 Å². The van der Waals surface area contributed by atoms with Gasteiger partial charge in [0.25, 0.3) is 5.91 Å². The normalized spacial score (nSPS) is 20.8. The van der Waals surface area contributed by atoms with Gasteiger partial charge in [-0.15, -0.1) is 0 Å². The van der Waals surface area contributed by atoms with Crippen LogP contribution in [0, 0.1) is 5.92 Å². The lowest BCUT2D eigenvalue weighted by molar-refractivity contribution is -0.136. The van der Waals surface area contributed by atoms with Crippen molar-refractivity contribution < 1.29 is 9.53 Å². The van der Waals surface area contributed by atoms with Crippen molar-refractivity contribution in [3.05, 3.63) is 30.3 Å². The number of hydrogen-bond acceptors (Lipinski definition) is 3. The zero-order valence-corrected chi connectivity index (χ0v) is 10.7. The maximum atomic E-state index is 12.2. The Morgan fingerprint density at radius 1 is 1.50 bits per heavy atom. The standard InChI is InChI=1S/C14H20N2O2/c1-11(18-13-5-3-2-4-6-13)14(17)16-8-7-12(9-15)10-16/h2-6,11-12H,7-10,15H2,1H3. The fourth-order valence-electron chi connectivity index (χ4n) is 2.24. The highest BCUT2D eigenvalue weighted by Gasteiger charge is 2.29. The molecule has 18 heavy (non-hydrogen) atoms. The van der Waals surface area contributed by atoms with Gasteiger partial charge in [-0.1, -0.05) is 18.2 Å². The van der Waals surface area contributed by atoms with Crippen LogP contribution in [0.15, 0.2) is 30.3 Å². The first kappa shape index (κ1) is 12.9. The zero-order chi connectivity index (χ0) is 13.0. The Balaban J connectivity index is 1.89. The van der Waals surface area contributed by atoms with Crippen LogP contribution in [0.1, 0.15) is 13.3 Å². The third kappa shape index (κ3) is 3.01. The highest BCUT2D eigenvalue weighted by molar-refractivity contribution is 5.81. The summed E-state index contributed by atoms with van der Waals surface area (Å²) in [4.78, 5) is 14.0. The Kier molecular flexibility index (Phi) is 4.20. The predicted molar refractivity (Wildman–Crippen MR) is 70.3 cm³/mol.